The predicted octanol–water partition coefficient (Wildman–Crippen LogP) is 2.61. The Morgan fingerprint density at radius 3 is 2.47 bits per heavy atom. The molecule has 0 unspecified atom stereocenters. The summed E-state index contributed by atoms with van der Waals surface area (Å²) in [5.74, 6) is -0.278. The number of benzene rings is 1. The normalized spacial score (nSPS) is 10.5. The van der Waals surface area contributed by atoms with Gasteiger partial charge in [-0.05, 0) is 44.0 Å². The number of carboxylic acids is 1. The highest BCUT2D eigenvalue weighted by atomic mass is 16.5. The number of ether oxygens (including phenoxy) is 1. The van der Waals surface area contributed by atoms with Crippen LogP contribution in [0.1, 0.15) is 32.9 Å². The second-order valence-electron chi connectivity index (χ2n) is 4.59. The highest BCUT2D eigenvalue weighted by Gasteiger charge is 2.17. The number of hydrogen-bond donors (Lipinski definition) is 2. The molecule has 2 N–H and O–H groups in total. The van der Waals surface area contributed by atoms with Gasteiger partial charge in [-0.1, -0.05) is 6.07 Å². The molecule has 1 aromatic carbocycles. The SMILES string of the molecule is Cc1cc(C)cc(OCc2n[nH]c(C)c2C(=O)O)c1. The summed E-state index contributed by atoms with van der Waals surface area (Å²) >= 11 is 0. The molecule has 0 atom stereocenters. The number of aryl methyl sites for hydroxylation is 3. The highest BCUT2D eigenvalue weighted by molar-refractivity contribution is 5.90. The summed E-state index contributed by atoms with van der Waals surface area (Å²) < 4.78 is 5.61. The Balaban J connectivity index is 2.17. The van der Waals surface area contributed by atoms with E-state index in [-0.39, 0.29) is 12.2 Å². The van der Waals surface area contributed by atoms with Crippen molar-refractivity contribution in [3.8, 4) is 5.75 Å². The third-order valence-corrected chi connectivity index (χ3v) is 2.81. The number of carbonyl (C=O) groups is 1. The van der Waals surface area contributed by atoms with Crippen LogP contribution in [0.3, 0.4) is 0 Å². The van der Waals surface area contributed by atoms with Crippen LogP contribution in [-0.4, -0.2) is 21.3 Å². The van der Waals surface area contributed by atoms with Crippen molar-refractivity contribution < 1.29 is 14.6 Å². The molecular formula is C14H16N2O3. The first-order valence-corrected chi connectivity index (χ1v) is 5.95. The molecule has 1 heterocycles. The minimum atomic E-state index is -0.995. The number of nitrogens with zero attached hydrogens (tertiary/aromatic N) is 1. The average molecular weight is 260 g/mol. The fraction of sp³-hybridized carbons (Fsp3) is 0.286. The molecule has 0 spiro atoms. The number of H-pyrrole nitrogens is 1. The Morgan fingerprint density at radius 2 is 1.89 bits per heavy atom. The third-order valence-electron chi connectivity index (χ3n) is 2.81. The van der Waals surface area contributed by atoms with E-state index in [1.807, 2.05) is 32.0 Å². The van der Waals surface area contributed by atoms with Crippen LogP contribution in [0.15, 0.2) is 18.2 Å². The summed E-state index contributed by atoms with van der Waals surface area (Å²) in [5.41, 5.74) is 3.33. The van der Waals surface area contributed by atoms with Crippen molar-refractivity contribution in [3.63, 3.8) is 0 Å². The maximum Gasteiger partial charge on any atom is 0.339 e. The van der Waals surface area contributed by atoms with Crippen LogP contribution in [-0.2, 0) is 6.61 Å². The first kappa shape index (κ1) is 13.1. The minimum absolute atomic E-state index is 0.134. The molecule has 0 radical (unpaired) electrons. The molecule has 2 aromatic rings. The number of nitrogens with one attached hydrogen (secondary N) is 1. The van der Waals surface area contributed by atoms with E-state index >= 15 is 0 Å². The van der Waals surface area contributed by atoms with Crippen LogP contribution in [0.4, 0.5) is 0 Å². The second kappa shape index (κ2) is 5.14. The van der Waals surface area contributed by atoms with Crippen LogP contribution in [0.25, 0.3) is 0 Å². The zero-order valence-electron chi connectivity index (χ0n) is 11.2. The monoisotopic (exact) mass is 260 g/mol. The van der Waals surface area contributed by atoms with Gasteiger partial charge in [0.25, 0.3) is 0 Å². The van der Waals surface area contributed by atoms with Gasteiger partial charge in [0, 0.05) is 5.69 Å². The number of aromatic amines is 1. The van der Waals surface area contributed by atoms with Gasteiger partial charge in [0.05, 0.1) is 0 Å². The fourth-order valence-corrected chi connectivity index (χ4v) is 2.04. The number of aromatic nitrogens is 2. The molecular weight excluding hydrogens is 244 g/mol. The molecule has 0 bridgehead atoms. The molecule has 5 heteroatoms. The molecule has 0 aliphatic rings. The molecule has 5 nitrogen and oxygen atoms in total. The topological polar surface area (TPSA) is 75.2 Å². The van der Waals surface area contributed by atoms with Gasteiger partial charge in [-0.2, -0.15) is 5.10 Å². The van der Waals surface area contributed by atoms with Gasteiger partial charge in [-0.3, -0.25) is 5.10 Å². The summed E-state index contributed by atoms with van der Waals surface area (Å²) in [5, 5.41) is 15.7. The number of aromatic carboxylic acids is 1. The van der Waals surface area contributed by atoms with Crippen molar-refractivity contribution >= 4 is 5.97 Å². The maximum atomic E-state index is 11.1. The largest absolute Gasteiger partial charge is 0.487 e. The molecule has 19 heavy (non-hydrogen) atoms. The minimum Gasteiger partial charge on any atom is -0.487 e. The molecule has 100 valence electrons. The van der Waals surface area contributed by atoms with Gasteiger partial charge in [-0.15, -0.1) is 0 Å². The van der Waals surface area contributed by atoms with Crippen LogP contribution in [0.2, 0.25) is 0 Å². The van der Waals surface area contributed by atoms with Crippen molar-refractivity contribution in [3.05, 3.63) is 46.3 Å². The Hall–Kier alpha value is -2.30. The van der Waals surface area contributed by atoms with Gasteiger partial charge in [-0.25, -0.2) is 4.79 Å². The molecule has 0 saturated heterocycles. The van der Waals surface area contributed by atoms with Gasteiger partial charge in [0.1, 0.15) is 23.6 Å². The van der Waals surface area contributed by atoms with Crippen molar-refractivity contribution in [2.45, 2.75) is 27.4 Å². The van der Waals surface area contributed by atoms with Crippen LogP contribution >= 0.6 is 0 Å². The zero-order valence-corrected chi connectivity index (χ0v) is 11.2. The van der Waals surface area contributed by atoms with E-state index in [4.69, 9.17) is 9.84 Å². The Bertz CT molecular complexity index is 597. The Morgan fingerprint density at radius 1 is 1.26 bits per heavy atom. The highest BCUT2D eigenvalue weighted by Crippen LogP contribution is 2.19. The standard InChI is InChI=1S/C14H16N2O3/c1-8-4-9(2)6-11(5-8)19-7-12-13(14(17)18)10(3)15-16-12/h4-6H,7H2,1-3H3,(H,15,16)(H,17,18). The van der Waals surface area contributed by atoms with Crippen LogP contribution in [0.5, 0.6) is 5.75 Å². The van der Waals surface area contributed by atoms with E-state index < -0.39 is 5.97 Å². The van der Waals surface area contributed by atoms with Gasteiger partial charge in [0.2, 0.25) is 0 Å². The summed E-state index contributed by atoms with van der Waals surface area (Å²) in [4.78, 5) is 11.1. The molecule has 0 aliphatic carbocycles. The lowest BCUT2D eigenvalue weighted by atomic mass is 10.1. The smallest absolute Gasteiger partial charge is 0.339 e. The van der Waals surface area contributed by atoms with E-state index in [2.05, 4.69) is 10.2 Å². The van der Waals surface area contributed by atoms with Crippen LogP contribution in [0, 0.1) is 20.8 Å². The summed E-state index contributed by atoms with van der Waals surface area (Å²) in [6.07, 6.45) is 0. The van der Waals surface area contributed by atoms with E-state index in [9.17, 15) is 4.79 Å². The van der Waals surface area contributed by atoms with Crippen molar-refractivity contribution in [2.24, 2.45) is 0 Å². The zero-order chi connectivity index (χ0) is 14.0. The second-order valence-corrected chi connectivity index (χ2v) is 4.59. The number of rotatable bonds is 4. The quantitative estimate of drug-likeness (QED) is 0.886. The summed E-state index contributed by atoms with van der Waals surface area (Å²) in [7, 11) is 0. The van der Waals surface area contributed by atoms with Crippen LogP contribution < -0.4 is 4.74 Å². The van der Waals surface area contributed by atoms with E-state index in [1.54, 1.807) is 6.92 Å². The van der Waals surface area contributed by atoms with Crippen molar-refractivity contribution in [1.29, 1.82) is 0 Å². The fourth-order valence-electron chi connectivity index (χ4n) is 2.04. The first-order chi connectivity index (χ1) is 8.97. The van der Waals surface area contributed by atoms with E-state index in [0.717, 1.165) is 16.9 Å². The number of carboxylic acid groups (broad SMARTS) is 1. The molecule has 2 rings (SSSR count). The maximum absolute atomic E-state index is 11.1. The molecule has 0 aliphatic heterocycles. The van der Waals surface area contributed by atoms with Gasteiger partial charge in [0.15, 0.2) is 0 Å². The summed E-state index contributed by atoms with van der Waals surface area (Å²) in [6, 6.07) is 5.87. The van der Waals surface area contributed by atoms with E-state index in [0.29, 0.717) is 11.4 Å². The lowest BCUT2D eigenvalue weighted by Gasteiger charge is -2.07. The third kappa shape index (κ3) is 2.93. The Labute approximate surface area is 111 Å². The van der Waals surface area contributed by atoms with Crippen molar-refractivity contribution in [1.82, 2.24) is 10.2 Å². The summed E-state index contributed by atoms with van der Waals surface area (Å²) in [6.45, 7) is 5.79. The molecule has 0 amide bonds. The predicted molar refractivity (Wildman–Crippen MR) is 70.5 cm³/mol. The Kier molecular flexibility index (Phi) is 3.55. The lowest BCUT2D eigenvalue weighted by Crippen LogP contribution is -2.05. The average Bonchev–Trinajstić information content (AvgIpc) is 2.66. The first-order valence-electron chi connectivity index (χ1n) is 5.95. The molecule has 1 aromatic heterocycles. The van der Waals surface area contributed by atoms with Gasteiger partial charge >= 0.3 is 5.97 Å². The molecule has 0 saturated carbocycles. The van der Waals surface area contributed by atoms with Crippen molar-refractivity contribution in [2.75, 3.05) is 0 Å². The molecule has 0 fully saturated rings. The van der Waals surface area contributed by atoms with E-state index in [1.165, 1.54) is 0 Å². The number of hydrogen-bond acceptors (Lipinski definition) is 3. The lowest BCUT2D eigenvalue weighted by molar-refractivity contribution is 0.0693. The van der Waals surface area contributed by atoms with Gasteiger partial charge < -0.3 is 9.84 Å².